The summed E-state index contributed by atoms with van der Waals surface area (Å²) in [6, 6.07) is 17.9. The zero-order valence-corrected chi connectivity index (χ0v) is 19.3. The predicted molar refractivity (Wildman–Crippen MR) is 124 cm³/mol. The van der Waals surface area contributed by atoms with Gasteiger partial charge in [0.25, 0.3) is 0 Å². The average molecular weight is 417 g/mol. The fraction of sp³-hybridized carbons (Fsp3) is 0.538. The van der Waals surface area contributed by atoms with Gasteiger partial charge in [0.1, 0.15) is 0 Å². The highest BCUT2D eigenvalue weighted by Gasteiger charge is 2.11. The molecule has 0 unspecified atom stereocenters. The molecule has 0 saturated carbocycles. The van der Waals surface area contributed by atoms with E-state index in [1.54, 1.807) is 7.11 Å². The Morgan fingerprint density at radius 1 is 0.633 bits per heavy atom. The molecule has 0 fully saturated rings. The minimum absolute atomic E-state index is 0.200. The summed E-state index contributed by atoms with van der Waals surface area (Å²) in [4.78, 5) is 0. The van der Waals surface area contributed by atoms with Crippen molar-refractivity contribution in [1.29, 1.82) is 0 Å². The zero-order chi connectivity index (χ0) is 21.9. The third-order valence-corrected chi connectivity index (χ3v) is 4.43. The van der Waals surface area contributed by atoms with Crippen molar-refractivity contribution in [3.8, 4) is 11.5 Å². The summed E-state index contributed by atoms with van der Waals surface area (Å²) >= 11 is 0. The van der Waals surface area contributed by atoms with Gasteiger partial charge in [-0.3, -0.25) is 0 Å². The lowest BCUT2D eigenvalue weighted by molar-refractivity contribution is -0.148. The number of benzene rings is 2. The SMILES string of the molecule is CCCCOC(OCCCC)c1ccccc1.CCCCOc1ccccc1OC. The van der Waals surface area contributed by atoms with E-state index in [0.717, 1.165) is 75.4 Å². The second-order valence-corrected chi connectivity index (χ2v) is 7.04. The molecule has 0 aliphatic rings. The monoisotopic (exact) mass is 416 g/mol. The van der Waals surface area contributed by atoms with Crippen LogP contribution in [0.2, 0.25) is 0 Å². The van der Waals surface area contributed by atoms with E-state index in [-0.39, 0.29) is 6.29 Å². The highest BCUT2D eigenvalue weighted by molar-refractivity contribution is 5.39. The minimum Gasteiger partial charge on any atom is -0.493 e. The Morgan fingerprint density at radius 3 is 1.67 bits per heavy atom. The molecule has 2 aromatic carbocycles. The Kier molecular flexibility index (Phi) is 15.4. The van der Waals surface area contributed by atoms with Gasteiger partial charge in [0.05, 0.1) is 26.9 Å². The first-order valence-corrected chi connectivity index (χ1v) is 11.3. The van der Waals surface area contributed by atoms with Gasteiger partial charge in [-0.15, -0.1) is 0 Å². The molecule has 4 heteroatoms. The fourth-order valence-electron chi connectivity index (χ4n) is 2.58. The summed E-state index contributed by atoms with van der Waals surface area (Å²) < 4.78 is 22.3. The second kappa shape index (κ2) is 17.8. The van der Waals surface area contributed by atoms with Crippen LogP contribution in [-0.2, 0) is 9.47 Å². The van der Waals surface area contributed by atoms with E-state index >= 15 is 0 Å². The molecular weight excluding hydrogens is 376 g/mol. The van der Waals surface area contributed by atoms with Crippen LogP contribution in [0.4, 0.5) is 0 Å². The molecule has 0 aliphatic heterocycles. The van der Waals surface area contributed by atoms with Crippen molar-refractivity contribution in [2.24, 2.45) is 0 Å². The molecule has 0 atom stereocenters. The van der Waals surface area contributed by atoms with E-state index < -0.39 is 0 Å². The Morgan fingerprint density at radius 2 is 1.13 bits per heavy atom. The molecule has 0 aliphatic carbocycles. The maximum Gasteiger partial charge on any atom is 0.183 e. The lowest BCUT2D eigenvalue weighted by Crippen LogP contribution is -2.10. The predicted octanol–water partition coefficient (Wildman–Crippen LogP) is 7.19. The van der Waals surface area contributed by atoms with Crippen LogP contribution in [0.15, 0.2) is 54.6 Å². The lowest BCUT2D eigenvalue weighted by atomic mass is 10.2. The van der Waals surface area contributed by atoms with Crippen molar-refractivity contribution in [2.75, 3.05) is 26.9 Å². The number of para-hydroxylation sites is 2. The van der Waals surface area contributed by atoms with Gasteiger partial charge in [-0.1, -0.05) is 82.5 Å². The van der Waals surface area contributed by atoms with E-state index in [2.05, 4.69) is 32.9 Å². The number of hydrogen-bond acceptors (Lipinski definition) is 4. The van der Waals surface area contributed by atoms with Gasteiger partial charge >= 0.3 is 0 Å². The first-order valence-electron chi connectivity index (χ1n) is 11.3. The van der Waals surface area contributed by atoms with Crippen LogP contribution in [0.25, 0.3) is 0 Å². The van der Waals surface area contributed by atoms with Crippen molar-refractivity contribution in [3.63, 3.8) is 0 Å². The largest absolute Gasteiger partial charge is 0.493 e. The summed E-state index contributed by atoms with van der Waals surface area (Å²) in [6.45, 7) is 8.77. The Labute approximate surface area is 183 Å². The number of ether oxygens (including phenoxy) is 4. The van der Waals surface area contributed by atoms with E-state index in [4.69, 9.17) is 18.9 Å². The van der Waals surface area contributed by atoms with Crippen LogP contribution in [0.5, 0.6) is 11.5 Å². The van der Waals surface area contributed by atoms with Gasteiger partial charge in [-0.05, 0) is 31.4 Å². The van der Waals surface area contributed by atoms with Gasteiger partial charge in [0.15, 0.2) is 17.8 Å². The maximum absolute atomic E-state index is 5.79. The summed E-state index contributed by atoms with van der Waals surface area (Å²) in [5.74, 6) is 1.64. The second-order valence-electron chi connectivity index (χ2n) is 7.04. The number of hydrogen-bond donors (Lipinski definition) is 0. The minimum atomic E-state index is -0.200. The molecule has 0 saturated heterocycles. The fourth-order valence-corrected chi connectivity index (χ4v) is 2.58. The van der Waals surface area contributed by atoms with Crippen molar-refractivity contribution in [3.05, 3.63) is 60.2 Å². The summed E-state index contributed by atoms with van der Waals surface area (Å²) in [6.07, 6.45) is 6.50. The number of rotatable bonds is 14. The zero-order valence-electron chi connectivity index (χ0n) is 19.3. The number of unbranched alkanes of at least 4 members (excludes halogenated alkanes) is 3. The number of methoxy groups -OCH3 is 1. The van der Waals surface area contributed by atoms with Crippen LogP contribution in [0, 0.1) is 0 Å². The quantitative estimate of drug-likeness (QED) is 0.241. The van der Waals surface area contributed by atoms with Crippen molar-refractivity contribution < 1.29 is 18.9 Å². The van der Waals surface area contributed by atoms with Gasteiger partial charge < -0.3 is 18.9 Å². The molecule has 0 N–H and O–H groups in total. The molecule has 168 valence electrons. The topological polar surface area (TPSA) is 36.9 Å². The molecule has 0 bridgehead atoms. The highest BCUT2D eigenvalue weighted by Crippen LogP contribution is 2.25. The van der Waals surface area contributed by atoms with Crippen molar-refractivity contribution in [2.45, 2.75) is 65.6 Å². The van der Waals surface area contributed by atoms with Gasteiger partial charge in [0.2, 0.25) is 0 Å². The van der Waals surface area contributed by atoms with Gasteiger partial charge in [-0.2, -0.15) is 0 Å². The maximum atomic E-state index is 5.79. The molecule has 0 radical (unpaired) electrons. The Balaban J connectivity index is 0.000000311. The van der Waals surface area contributed by atoms with E-state index in [9.17, 15) is 0 Å². The molecule has 2 rings (SSSR count). The third-order valence-electron chi connectivity index (χ3n) is 4.43. The van der Waals surface area contributed by atoms with Crippen LogP contribution in [-0.4, -0.2) is 26.9 Å². The molecule has 0 heterocycles. The van der Waals surface area contributed by atoms with E-state index in [0.29, 0.717) is 0 Å². The standard InChI is InChI=1S/C15H24O2.C11H16O2/c1-3-5-12-16-15(17-13-6-4-2)14-10-8-7-9-11-14;1-3-4-9-13-11-8-6-5-7-10(11)12-2/h7-11,15H,3-6,12-13H2,1-2H3;5-8H,3-4,9H2,1-2H3. The van der Waals surface area contributed by atoms with Crippen molar-refractivity contribution >= 4 is 0 Å². The van der Waals surface area contributed by atoms with Crippen LogP contribution in [0.3, 0.4) is 0 Å². The first kappa shape index (κ1) is 26.0. The molecule has 0 aromatic heterocycles. The highest BCUT2D eigenvalue weighted by atomic mass is 16.7. The smallest absolute Gasteiger partial charge is 0.183 e. The first-order chi connectivity index (χ1) is 14.8. The summed E-state index contributed by atoms with van der Waals surface area (Å²) in [7, 11) is 1.65. The summed E-state index contributed by atoms with van der Waals surface area (Å²) in [5, 5.41) is 0. The summed E-state index contributed by atoms with van der Waals surface area (Å²) in [5.41, 5.74) is 1.11. The molecular formula is C26H40O4. The van der Waals surface area contributed by atoms with E-state index in [1.807, 2.05) is 42.5 Å². The lowest BCUT2D eigenvalue weighted by Gasteiger charge is -2.18. The molecule has 2 aromatic rings. The van der Waals surface area contributed by atoms with E-state index in [1.165, 1.54) is 0 Å². The molecule has 30 heavy (non-hydrogen) atoms. The normalized spacial score (nSPS) is 10.4. The van der Waals surface area contributed by atoms with Crippen LogP contribution >= 0.6 is 0 Å². The average Bonchev–Trinajstić information content (AvgIpc) is 2.80. The molecule has 0 amide bonds. The Bertz CT molecular complexity index is 620. The third kappa shape index (κ3) is 11.2. The Hall–Kier alpha value is -2.04. The van der Waals surface area contributed by atoms with Crippen LogP contribution < -0.4 is 9.47 Å². The molecule has 4 nitrogen and oxygen atoms in total. The van der Waals surface area contributed by atoms with Crippen LogP contribution in [0.1, 0.15) is 71.1 Å². The van der Waals surface area contributed by atoms with Gasteiger partial charge in [-0.25, -0.2) is 0 Å². The van der Waals surface area contributed by atoms with Gasteiger partial charge in [0, 0.05) is 5.56 Å². The molecule has 0 spiro atoms. The van der Waals surface area contributed by atoms with Crippen molar-refractivity contribution in [1.82, 2.24) is 0 Å².